The summed E-state index contributed by atoms with van der Waals surface area (Å²) in [6.45, 7) is -0.258. The highest BCUT2D eigenvalue weighted by Crippen LogP contribution is 2.22. The molecule has 0 atom stereocenters. The summed E-state index contributed by atoms with van der Waals surface area (Å²) in [6, 6.07) is 4.21. The lowest BCUT2D eigenvalue weighted by molar-refractivity contribution is 0.149. The van der Waals surface area contributed by atoms with E-state index in [0.29, 0.717) is 17.7 Å². The van der Waals surface area contributed by atoms with E-state index in [-0.39, 0.29) is 24.9 Å². The molecule has 0 aliphatic carbocycles. The predicted octanol–water partition coefficient (Wildman–Crippen LogP) is 0.978. The molecule has 0 heterocycles. The summed E-state index contributed by atoms with van der Waals surface area (Å²) in [5.74, 6) is -0.0515. The Morgan fingerprint density at radius 1 is 1.33 bits per heavy atom. The fourth-order valence-electron chi connectivity index (χ4n) is 1.40. The summed E-state index contributed by atoms with van der Waals surface area (Å²) in [7, 11) is 1.50. The van der Waals surface area contributed by atoms with Crippen molar-refractivity contribution < 1.29 is 19.3 Å². The van der Waals surface area contributed by atoms with Gasteiger partial charge in [-0.2, -0.15) is 0 Å². The average Bonchev–Trinajstić information content (AvgIpc) is 2.26. The van der Waals surface area contributed by atoms with Crippen molar-refractivity contribution in [3.8, 4) is 5.75 Å². The second-order valence-corrected chi connectivity index (χ2v) is 3.39. The molecule has 0 saturated heterocycles. The zero-order chi connectivity index (χ0) is 11.3. The molecule has 15 heavy (non-hydrogen) atoms. The lowest BCUT2D eigenvalue weighted by atomic mass is 10.00. The number of hydrogen-bond acceptors (Lipinski definition) is 3. The molecule has 84 valence electrons. The van der Waals surface area contributed by atoms with Gasteiger partial charge in [-0.05, 0) is 30.2 Å². The summed E-state index contributed by atoms with van der Waals surface area (Å²) < 4.78 is 18.0. The molecule has 0 bridgehead atoms. The van der Waals surface area contributed by atoms with Gasteiger partial charge >= 0.3 is 0 Å². The third-order valence-corrected chi connectivity index (χ3v) is 2.27. The molecule has 0 aliphatic rings. The normalized spacial score (nSPS) is 10.7. The van der Waals surface area contributed by atoms with E-state index in [1.165, 1.54) is 25.3 Å². The van der Waals surface area contributed by atoms with Crippen LogP contribution < -0.4 is 4.74 Å². The molecule has 1 aromatic rings. The van der Waals surface area contributed by atoms with Crippen molar-refractivity contribution in [1.29, 1.82) is 0 Å². The van der Waals surface area contributed by atoms with Crippen LogP contribution >= 0.6 is 0 Å². The van der Waals surface area contributed by atoms with Crippen molar-refractivity contribution in [2.75, 3.05) is 20.3 Å². The molecule has 0 spiro atoms. The molecule has 1 aromatic carbocycles. The van der Waals surface area contributed by atoms with Gasteiger partial charge in [0, 0.05) is 19.1 Å². The Morgan fingerprint density at radius 2 is 2.00 bits per heavy atom. The molecule has 0 aromatic heterocycles. The van der Waals surface area contributed by atoms with Crippen molar-refractivity contribution in [3.05, 3.63) is 29.6 Å². The lowest BCUT2D eigenvalue weighted by Gasteiger charge is -2.13. The first-order chi connectivity index (χ1) is 7.21. The van der Waals surface area contributed by atoms with Crippen molar-refractivity contribution in [1.82, 2.24) is 0 Å². The highest BCUT2D eigenvalue weighted by molar-refractivity contribution is 5.34. The Kier molecular flexibility index (Phi) is 4.52. The van der Waals surface area contributed by atoms with Crippen LogP contribution in [0.3, 0.4) is 0 Å². The molecule has 3 nitrogen and oxygen atoms in total. The maximum Gasteiger partial charge on any atom is 0.123 e. The topological polar surface area (TPSA) is 49.7 Å². The lowest BCUT2D eigenvalue weighted by Crippen LogP contribution is -2.14. The summed E-state index contributed by atoms with van der Waals surface area (Å²) in [5.41, 5.74) is 0.658. The first-order valence-corrected chi connectivity index (χ1v) is 4.75. The Balaban J connectivity index is 2.86. The SMILES string of the molecule is COc1ccc(F)cc1CC(CO)CO. The fraction of sp³-hybridized carbons (Fsp3) is 0.455. The van der Waals surface area contributed by atoms with E-state index in [2.05, 4.69) is 0 Å². The number of halogens is 1. The zero-order valence-corrected chi connectivity index (χ0v) is 8.61. The Morgan fingerprint density at radius 3 is 2.53 bits per heavy atom. The Hall–Kier alpha value is -1.13. The van der Waals surface area contributed by atoms with Gasteiger partial charge in [-0.15, -0.1) is 0 Å². The van der Waals surface area contributed by atoms with Gasteiger partial charge in [0.05, 0.1) is 7.11 Å². The molecule has 0 fully saturated rings. The van der Waals surface area contributed by atoms with Gasteiger partial charge in [-0.3, -0.25) is 0 Å². The quantitative estimate of drug-likeness (QED) is 0.768. The molecular formula is C11H15FO3. The van der Waals surface area contributed by atoms with Crippen molar-refractivity contribution in [2.45, 2.75) is 6.42 Å². The number of methoxy groups -OCH3 is 1. The minimum Gasteiger partial charge on any atom is -0.496 e. The molecule has 0 amide bonds. The van der Waals surface area contributed by atoms with E-state index in [1.807, 2.05) is 0 Å². The van der Waals surface area contributed by atoms with Crippen LogP contribution in [-0.4, -0.2) is 30.5 Å². The van der Waals surface area contributed by atoms with Gasteiger partial charge in [0.15, 0.2) is 0 Å². The number of rotatable bonds is 5. The molecule has 0 radical (unpaired) electrons. The standard InChI is InChI=1S/C11H15FO3/c1-15-11-3-2-10(12)5-9(11)4-8(6-13)7-14/h2-3,5,8,13-14H,4,6-7H2,1H3. The maximum absolute atomic E-state index is 13.0. The summed E-state index contributed by atoms with van der Waals surface area (Å²) >= 11 is 0. The average molecular weight is 214 g/mol. The van der Waals surface area contributed by atoms with Crippen LogP contribution in [0.25, 0.3) is 0 Å². The molecular weight excluding hydrogens is 199 g/mol. The Labute approximate surface area is 88.1 Å². The Bertz CT molecular complexity index is 311. The molecule has 4 heteroatoms. The van der Waals surface area contributed by atoms with Gasteiger partial charge in [0.2, 0.25) is 0 Å². The van der Waals surface area contributed by atoms with Crippen LogP contribution in [0.5, 0.6) is 5.75 Å². The molecule has 1 rings (SSSR count). The molecule has 0 aliphatic heterocycles. The molecule has 0 saturated carbocycles. The van der Waals surface area contributed by atoms with Crippen LogP contribution in [0.2, 0.25) is 0 Å². The molecule has 2 N–H and O–H groups in total. The van der Waals surface area contributed by atoms with Crippen LogP contribution in [0, 0.1) is 11.7 Å². The third-order valence-electron chi connectivity index (χ3n) is 2.27. The smallest absolute Gasteiger partial charge is 0.123 e. The highest BCUT2D eigenvalue weighted by Gasteiger charge is 2.11. The number of ether oxygens (including phenoxy) is 1. The van der Waals surface area contributed by atoms with E-state index < -0.39 is 0 Å². The van der Waals surface area contributed by atoms with E-state index in [0.717, 1.165) is 0 Å². The third kappa shape index (κ3) is 3.18. The van der Waals surface area contributed by atoms with Gasteiger partial charge in [-0.1, -0.05) is 0 Å². The number of aliphatic hydroxyl groups is 2. The van der Waals surface area contributed by atoms with Gasteiger partial charge in [0.25, 0.3) is 0 Å². The van der Waals surface area contributed by atoms with Gasteiger partial charge in [-0.25, -0.2) is 4.39 Å². The second kappa shape index (κ2) is 5.68. The zero-order valence-electron chi connectivity index (χ0n) is 8.61. The minimum atomic E-state index is -0.347. The van der Waals surface area contributed by atoms with Crippen molar-refractivity contribution in [2.24, 2.45) is 5.92 Å². The number of hydrogen-bond donors (Lipinski definition) is 2. The first kappa shape index (κ1) is 11.9. The van der Waals surface area contributed by atoms with Gasteiger partial charge in [0.1, 0.15) is 11.6 Å². The number of benzene rings is 1. The number of aliphatic hydroxyl groups excluding tert-OH is 2. The van der Waals surface area contributed by atoms with Crippen LogP contribution in [0.15, 0.2) is 18.2 Å². The largest absolute Gasteiger partial charge is 0.496 e. The van der Waals surface area contributed by atoms with Crippen LogP contribution in [0.4, 0.5) is 4.39 Å². The van der Waals surface area contributed by atoms with E-state index in [4.69, 9.17) is 14.9 Å². The predicted molar refractivity (Wildman–Crippen MR) is 54.3 cm³/mol. The van der Waals surface area contributed by atoms with Crippen molar-refractivity contribution in [3.63, 3.8) is 0 Å². The van der Waals surface area contributed by atoms with Crippen molar-refractivity contribution >= 4 is 0 Å². The maximum atomic E-state index is 13.0. The summed E-state index contributed by atoms with van der Waals surface area (Å²) in [5, 5.41) is 17.9. The molecule has 0 unspecified atom stereocenters. The van der Waals surface area contributed by atoms with Crippen LogP contribution in [-0.2, 0) is 6.42 Å². The summed E-state index contributed by atoms with van der Waals surface area (Å²) in [4.78, 5) is 0. The van der Waals surface area contributed by atoms with Gasteiger partial charge < -0.3 is 14.9 Å². The monoisotopic (exact) mass is 214 g/mol. The first-order valence-electron chi connectivity index (χ1n) is 4.75. The van der Waals surface area contributed by atoms with E-state index in [9.17, 15) is 4.39 Å². The highest BCUT2D eigenvalue weighted by atomic mass is 19.1. The fourth-order valence-corrected chi connectivity index (χ4v) is 1.40. The van der Waals surface area contributed by atoms with Crippen LogP contribution in [0.1, 0.15) is 5.56 Å². The van der Waals surface area contributed by atoms with E-state index in [1.54, 1.807) is 0 Å². The second-order valence-electron chi connectivity index (χ2n) is 3.39. The summed E-state index contributed by atoms with van der Waals surface area (Å²) in [6.07, 6.45) is 0.397. The van der Waals surface area contributed by atoms with E-state index >= 15 is 0 Å². The minimum absolute atomic E-state index is 0.129.